The van der Waals surface area contributed by atoms with Gasteiger partial charge in [0.15, 0.2) is 0 Å². The molecule has 0 bridgehead atoms. The molecule has 0 amide bonds. The largest absolute Gasteiger partial charge is 0.497 e. The van der Waals surface area contributed by atoms with Gasteiger partial charge in [0.05, 0.1) is 7.11 Å². The second-order valence-corrected chi connectivity index (χ2v) is 5.68. The SMILES string of the molecule is COc1ccc(C=CC(=O)O)c(CSCC(C)C)c1. The van der Waals surface area contributed by atoms with E-state index < -0.39 is 5.97 Å². The second kappa shape index (κ2) is 7.89. The lowest BCUT2D eigenvalue weighted by atomic mass is 10.1. The van der Waals surface area contributed by atoms with Crippen LogP contribution in [0, 0.1) is 5.92 Å². The standard InChI is InChI=1S/C15H20O3S/c1-11(2)9-19-10-13-8-14(18-3)6-4-12(13)5-7-15(16)17/h4-8,11H,9-10H2,1-3H3,(H,16,17). The molecule has 0 saturated carbocycles. The molecule has 0 unspecified atom stereocenters. The Morgan fingerprint density at radius 2 is 2.21 bits per heavy atom. The Balaban J connectivity index is 2.86. The van der Waals surface area contributed by atoms with Crippen LogP contribution in [0.25, 0.3) is 6.08 Å². The summed E-state index contributed by atoms with van der Waals surface area (Å²) in [6.07, 6.45) is 2.80. The summed E-state index contributed by atoms with van der Waals surface area (Å²) in [4.78, 5) is 10.6. The predicted molar refractivity (Wildman–Crippen MR) is 80.7 cm³/mol. The Labute approximate surface area is 118 Å². The van der Waals surface area contributed by atoms with Crippen molar-refractivity contribution in [3.05, 3.63) is 35.4 Å². The molecule has 0 aromatic heterocycles. The van der Waals surface area contributed by atoms with Crippen molar-refractivity contribution in [2.45, 2.75) is 19.6 Å². The summed E-state index contributed by atoms with van der Waals surface area (Å²) in [6, 6.07) is 5.70. The monoisotopic (exact) mass is 280 g/mol. The summed E-state index contributed by atoms with van der Waals surface area (Å²) in [7, 11) is 1.63. The van der Waals surface area contributed by atoms with Crippen LogP contribution in [0.15, 0.2) is 24.3 Å². The summed E-state index contributed by atoms with van der Waals surface area (Å²) in [6.45, 7) is 4.37. The molecule has 1 aromatic rings. The average molecular weight is 280 g/mol. The molecule has 0 heterocycles. The number of methoxy groups -OCH3 is 1. The fraction of sp³-hybridized carbons (Fsp3) is 0.400. The minimum atomic E-state index is -0.934. The van der Waals surface area contributed by atoms with Crippen LogP contribution in [0.5, 0.6) is 5.75 Å². The normalized spacial score (nSPS) is 11.2. The lowest BCUT2D eigenvalue weighted by molar-refractivity contribution is -0.131. The van der Waals surface area contributed by atoms with Crippen LogP contribution in [0.2, 0.25) is 0 Å². The van der Waals surface area contributed by atoms with E-state index in [0.29, 0.717) is 5.92 Å². The lowest BCUT2D eigenvalue weighted by Gasteiger charge is -2.10. The molecule has 1 aromatic carbocycles. The number of carbonyl (C=O) groups is 1. The molecule has 19 heavy (non-hydrogen) atoms. The van der Waals surface area contributed by atoms with Crippen molar-refractivity contribution < 1.29 is 14.6 Å². The van der Waals surface area contributed by atoms with Crippen molar-refractivity contribution in [1.29, 1.82) is 0 Å². The Morgan fingerprint density at radius 1 is 1.47 bits per heavy atom. The fourth-order valence-corrected chi connectivity index (χ4v) is 2.62. The molecule has 1 rings (SSSR count). The third-order valence-electron chi connectivity index (χ3n) is 2.46. The molecule has 0 radical (unpaired) electrons. The second-order valence-electron chi connectivity index (χ2n) is 4.65. The van der Waals surface area contributed by atoms with Crippen LogP contribution < -0.4 is 4.74 Å². The van der Waals surface area contributed by atoms with Gasteiger partial charge in [0, 0.05) is 11.8 Å². The predicted octanol–water partition coefficient (Wildman–Crippen LogP) is 3.68. The van der Waals surface area contributed by atoms with Gasteiger partial charge in [0.2, 0.25) is 0 Å². The van der Waals surface area contributed by atoms with Gasteiger partial charge in [0.25, 0.3) is 0 Å². The van der Waals surface area contributed by atoms with Gasteiger partial charge >= 0.3 is 5.97 Å². The third kappa shape index (κ3) is 5.83. The number of aliphatic carboxylic acids is 1. The van der Waals surface area contributed by atoms with Crippen molar-refractivity contribution in [3.63, 3.8) is 0 Å². The fourth-order valence-electron chi connectivity index (χ4n) is 1.56. The quantitative estimate of drug-likeness (QED) is 0.774. The molecule has 0 atom stereocenters. The van der Waals surface area contributed by atoms with E-state index in [1.807, 2.05) is 30.0 Å². The van der Waals surface area contributed by atoms with Gasteiger partial charge in [-0.1, -0.05) is 19.9 Å². The van der Waals surface area contributed by atoms with Crippen molar-refractivity contribution in [2.24, 2.45) is 5.92 Å². The average Bonchev–Trinajstić information content (AvgIpc) is 2.36. The zero-order chi connectivity index (χ0) is 14.3. The highest BCUT2D eigenvalue weighted by Gasteiger charge is 2.04. The Bertz CT molecular complexity index is 453. The molecule has 0 aliphatic rings. The molecule has 0 aliphatic carbocycles. The molecule has 3 nitrogen and oxygen atoms in total. The third-order valence-corrected chi connectivity index (χ3v) is 3.88. The zero-order valence-corrected chi connectivity index (χ0v) is 12.4. The van der Waals surface area contributed by atoms with E-state index in [1.54, 1.807) is 13.2 Å². The van der Waals surface area contributed by atoms with E-state index in [1.165, 1.54) is 6.08 Å². The number of hydrogen-bond donors (Lipinski definition) is 1. The Morgan fingerprint density at radius 3 is 2.79 bits per heavy atom. The Kier molecular flexibility index (Phi) is 6.50. The van der Waals surface area contributed by atoms with E-state index in [0.717, 1.165) is 28.4 Å². The molecule has 0 fully saturated rings. The molecule has 0 saturated heterocycles. The zero-order valence-electron chi connectivity index (χ0n) is 11.6. The van der Waals surface area contributed by atoms with Gasteiger partial charge in [-0.2, -0.15) is 11.8 Å². The molecule has 4 heteroatoms. The van der Waals surface area contributed by atoms with Gasteiger partial charge < -0.3 is 9.84 Å². The molecule has 1 N–H and O–H groups in total. The maximum atomic E-state index is 10.6. The number of carboxylic acids is 1. The summed E-state index contributed by atoms with van der Waals surface area (Å²) >= 11 is 1.85. The number of hydrogen-bond acceptors (Lipinski definition) is 3. The smallest absolute Gasteiger partial charge is 0.328 e. The van der Waals surface area contributed by atoms with Crippen LogP contribution in [-0.4, -0.2) is 23.9 Å². The Hall–Kier alpha value is -1.42. The van der Waals surface area contributed by atoms with Crippen molar-refractivity contribution >= 4 is 23.8 Å². The highest BCUT2D eigenvalue weighted by molar-refractivity contribution is 7.98. The highest BCUT2D eigenvalue weighted by atomic mass is 32.2. The minimum absolute atomic E-state index is 0.647. The van der Waals surface area contributed by atoms with E-state index in [9.17, 15) is 4.79 Å². The topological polar surface area (TPSA) is 46.5 Å². The number of ether oxygens (including phenoxy) is 1. The van der Waals surface area contributed by atoms with Crippen molar-refractivity contribution in [1.82, 2.24) is 0 Å². The van der Waals surface area contributed by atoms with Gasteiger partial charge in [-0.25, -0.2) is 4.79 Å². The molecule has 0 aliphatic heterocycles. The van der Waals surface area contributed by atoms with Crippen LogP contribution in [0.4, 0.5) is 0 Å². The first-order valence-corrected chi connectivity index (χ1v) is 7.34. The maximum Gasteiger partial charge on any atom is 0.328 e. The summed E-state index contributed by atoms with van der Waals surface area (Å²) in [5, 5.41) is 8.70. The number of rotatable bonds is 7. The first kappa shape index (κ1) is 15.6. The summed E-state index contributed by atoms with van der Waals surface area (Å²) in [5.41, 5.74) is 2.03. The molecular formula is C15H20O3S. The van der Waals surface area contributed by atoms with Gasteiger partial charge in [0.1, 0.15) is 5.75 Å². The van der Waals surface area contributed by atoms with Crippen LogP contribution in [-0.2, 0) is 10.5 Å². The lowest BCUT2D eigenvalue weighted by Crippen LogP contribution is -1.95. The molecular weight excluding hydrogens is 260 g/mol. The summed E-state index contributed by atoms with van der Waals surface area (Å²) in [5.74, 6) is 2.45. The van der Waals surface area contributed by atoms with E-state index in [2.05, 4.69) is 13.8 Å². The van der Waals surface area contributed by atoms with Crippen molar-refractivity contribution in [2.75, 3.05) is 12.9 Å². The molecule has 0 spiro atoms. The number of thioether (sulfide) groups is 1. The van der Waals surface area contributed by atoms with Crippen LogP contribution >= 0.6 is 11.8 Å². The maximum absolute atomic E-state index is 10.6. The van der Waals surface area contributed by atoms with Crippen molar-refractivity contribution in [3.8, 4) is 5.75 Å². The van der Waals surface area contributed by atoms with E-state index >= 15 is 0 Å². The number of benzene rings is 1. The minimum Gasteiger partial charge on any atom is -0.497 e. The van der Waals surface area contributed by atoms with Crippen LogP contribution in [0.3, 0.4) is 0 Å². The highest BCUT2D eigenvalue weighted by Crippen LogP contribution is 2.24. The van der Waals surface area contributed by atoms with E-state index in [4.69, 9.17) is 9.84 Å². The van der Waals surface area contributed by atoms with Gasteiger partial charge in [-0.15, -0.1) is 0 Å². The number of carboxylic acid groups (broad SMARTS) is 1. The first-order valence-electron chi connectivity index (χ1n) is 6.18. The van der Waals surface area contributed by atoms with E-state index in [-0.39, 0.29) is 0 Å². The molecule has 104 valence electrons. The van der Waals surface area contributed by atoms with Crippen LogP contribution in [0.1, 0.15) is 25.0 Å². The van der Waals surface area contributed by atoms with Gasteiger partial charge in [-0.3, -0.25) is 0 Å². The van der Waals surface area contributed by atoms with Gasteiger partial charge in [-0.05, 0) is 41.0 Å². The first-order chi connectivity index (χ1) is 9.02. The summed E-state index contributed by atoms with van der Waals surface area (Å²) < 4.78 is 5.21.